The fourth-order valence-corrected chi connectivity index (χ4v) is 6.96. The third-order valence-corrected chi connectivity index (χ3v) is 7.86. The van der Waals surface area contributed by atoms with Crippen molar-refractivity contribution in [3.8, 4) is 5.75 Å². The molecule has 1 aromatic carbocycles. The average molecular weight is 520 g/mol. The van der Waals surface area contributed by atoms with Gasteiger partial charge in [0.05, 0.1) is 6.61 Å². The average Bonchev–Trinajstić information content (AvgIpc) is 2.65. The molecule has 5 fully saturated rings. The largest absolute Gasteiger partial charge is 1.00 e. The maximum Gasteiger partial charge on any atom is 1.00 e. The summed E-state index contributed by atoms with van der Waals surface area (Å²) in [5, 5.41) is 10.8. The number of carbonyl (C=O) groups is 1. The van der Waals surface area contributed by atoms with Crippen molar-refractivity contribution < 1.29 is 132 Å². The van der Waals surface area contributed by atoms with Crippen molar-refractivity contribution in [2.75, 3.05) is 6.61 Å². The Bertz CT molecular complexity index is 899. The summed E-state index contributed by atoms with van der Waals surface area (Å²) in [7, 11) is -5.23. The van der Waals surface area contributed by atoms with Crippen LogP contribution in [-0.2, 0) is 29.7 Å². The molecule has 1 unspecified atom stereocenters. The SMILES string of the molecule is O=C([O-])CCCOC1(c2cccc(OP(=O)([O-])[O-])c2)OOC12C1CC3CC(C1)CC2C3.[Na+].[Na+].[Na+]. The van der Waals surface area contributed by atoms with Crippen molar-refractivity contribution in [1.29, 1.82) is 0 Å². The van der Waals surface area contributed by atoms with Crippen LogP contribution in [0.4, 0.5) is 0 Å². The van der Waals surface area contributed by atoms with Crippen LogP contribution in [0.25, 0.3) is 0 Å². The van der Waals surface area contributed by atoms with Gasteiger partial charge >= 0.3 is 88.7 Å². The van der Waals surface area contributed by atoms with E-state index >= 15 is 0 Å². The number of hydrogen-bond acceptors (Lipinski definition) is 9. The van der Waals surface area contributed by atoms with Gasteiger partial charge in [0.2, 0.25) is 0 Å². The molecule has 13 heteroatoms. The van der Waals surface area contributed by atoms with Crippen LogP contribution in [0.3, 0.4) is 0 Å². The molecule has 170 valence electrons. The van der Waals surface area contributed by atoms with Gasteiger partial charge in [0.15, 0.2) is 5.60 Å². The van der Waals surface area contributed by atoms with Gasteiger partial charge in [-0.15, -0.1) is 0 Å². The summed E-state index contributed by atoms with van der Waals surface area (Å²) in [6.45, 7) is 0.0953. The monoisotopic (exact) mass is 520 g/mol. The first-order valence-electron chi connectivity index (χ1n) is 10.7. The number of hydrogen-bond donors (Lipinski definition) is 0. The standard InChI is InChI=1S/C21H27O9P.3Na/c22-19(23)5-2-6-27-21(15-3-1-4-18(12-15)28-31(24,25)26)20(29-30-21)16-8-13-7-14(10-16)11-17(20)9-13;;;/h1,3-4,12-14,16-17H,2,5-11H2,(H,22,23)(H2,24,25,26);;;/q;3*+1/p-3. The normalized spacial score (nSPS) is 34.9. The van der Waals surface area contributed by atoms with E-state index < -0.39 is 25.2 Å². The van der Waals surface area contributed by atoms with E-state index in [1.807, 2.05) is 0 Å². The van der Waals surface area contributed by atoms with Crippen LogP contribution < -0.4 is 108 Å². The van der Waals surface area contributed by atoms with Gasteiger partial charge in [-0.3, -0.25) is 0 Å². The second-order valence-corrected chi connectivity index (χ2v) is 10.3. The summed E-state index contributed by atoms with van der Waals surface area (Å²) in [5.41, 5.74) is -0.246. The molecule has 4 saturated carbocycles. The molecule has 0 radical (unpaired) electrons. The van der Waals surface area contributed by atoms with Gasteiger partial charge in [-0.1, -0.05) is 12.1 Å². The number of phosphoric ester groups is 1. The zero-order valence-corrected chi connectivity index (χ0v) is 26.8. The minimum atomic E-state index is -5.23. The molecule has 0 N–H and O–H groups in total. The number of carbonyl (C=O) groups excluding carboxylic acids is 1. The molecule has 1 aliphatic heterocycles. The number of ether oxygens (including phenoxy) is 1. The van der Waals surface area contributed by atoms with E-state index in [2.05, 4.69) is 4.52 Å². The van der Waals surface area contributed by atoms with Crippen molar-refractivity contribution in [3.63, 3.8) is 0 Å². The van der Waals surface area contributed by atoms with Gasteiger partial charge in [0.25, 0.3) is 5.79 Å². The fraction of sp³-hybridized carbons (Fsp3) is 0.667. The molecule has 1 saturated heterocycles. The van der Waals surface area contributed by atoms with Gasteiger partial charge in [0.1, 0.15) is 13.6 Å². The molecule has 0 aromatic heterocycles. The quantitative estimate of drug-likeness (QED) is 0.142. The minimum absolute atomic E-state index is 0. The van der Waals surface area contributed by atoms with Crippen LogP contribution in [0.15, 0.2) is 24.3 Å². The summed E-state index contributed by atoms with van der Waals surface area (Å²) in [6.07, 6.45) is 5.35. The molecule has 5 aliphatic rings. The van der Waals surface area contributed by atoms with Crippen molar-refractivity contribution in [1.82, 2.24) is 0 Å². The number of benzene rings is 1. The molecular weight excluding hydrogens is 496 g/mol. The van der Waals surface area contributed by atoms with Crippen LogP contribution in [0.2, 0.25) is 0 Å². The predicted molar refractivity (Wildman–Crippen MR) is 98.5 cm³/mol. The van der Waals surface area contributed by atoms with Gasteiger partial charge in [-0.25, -0.2) is 4.89 Å². The molecule has 1 spiro atoms. The van der Waals surface area contributed by atoms with Crippen molar-refractivity contribution in [3.05, 3.63) is 29.8 Å². The topological polar surface area (TPSA) is 140 Å². The predicted octanol–water partition coefficient (Wildman–Crippen LogP) is -8.24. The van der Waals surface area contributed by atoms with E-state index in [9.17, 15) is 24.3 Å². The van der Waals surface area contributed by atoms with Gasteiger partial charge in [-0.2, -0.15) is 4.89 Å². The summed E-state index contributed by atoms with van der Waals surface area (Å²) >= 11 is 0. The Labute approximate surface area is 265 Å². The molecule has 0 amide bonds. The number of carboxylic acids is 1. The maximum atomic E-state index is 11.1. The maximum absolute atomic E-state index is 11.1. The van der Waals surface area contributed by atoms with E-state index in [-0.39, 0.29) is 126 Å². The smallest absolute Gasteiger partial charge is 0.780 e. The third kappa shape index (κ3) is 5.75. The molecule has 4 bridgehead atoms. The summed E-state index contributed by atoms with van der Waals surface area (Å²) in [6, 6.07) is 6.09. The molecule has 1 aromatic rings. The Morgan fingerprint density at radius 1 is 1.03 bits per heavy atom. The van der Waals surface area contributed by atoms with E-state index in [0.717, 1.165) is 25.7 Å². The van der Waals surface area contributed by atoms with E-state index in [1.54, 1.807) is 12.1 Å². The van der Waals surface area contributed by atoms with Crippen LogP contribution in [-0.4, -0.2) is 18.2 Å². The molecule has 1 atom stereocenters. The molecule has 9 nitrogen and oxygen atoms in total. The number of aliphatic carboxylic acids is 1. The zero-order chi connectivity index (χ0) is 21.9. The second-order valence-electron chi connectivity index (χ2n) is 9.27. The molecular formula is C21H24Na3O9P. The summed E-state index contributed by atoms with van der Waals surface area (Å²) in [5.74, 6) is -0.856. The molecule has 4 aliphatic carbocycles. The molecule has 1 heterocycles. The number of carboxylic acid groups (broad SMARTS) is 1. The first kappa shape index (κ1) is 31.7. The Hall–Kier alpha value is 1.52. The summed E-state index contributed by atoms with van der Waals surface area (Å²) in [4.78, 5) is 44.7. The van der Waals surface area contributed by atoms with Crippen molar-refractivity contribution in [2.24, 2.45) is 23.7 Å². The van der Waals surface area contributed by atoms with Crippen LogP contribution in [0.5, 0.6) is 5.75 Å². The van der Waals surface area contributed by atoms with E-state index in [0.29, 0.717) is 17.4 Å². The van der Waals surface area contributed by atoms with E-state index in [1.165, 1.54) is 18.6 Å². The first-order chi connectivity index (χ1) is 14.7. The van der Waals surface area contributed by atoms with Gasteiger partial charge in [0, 0.05) is 11.5 Å². The zero-order valence-electron chi connectivity index (χ0n) is 19.9. The molecule has 6 rings (SSSR count). The van der Waals surface area contributed by atoms with Crippen LogP contribution in [0, 0.1) is 23.7 Å². The Kier molecular flexibility index (Phi) is 11.3. The van der Waals surface area contributed by atoms with Gasteiger partial charge in [-0.05, 0) is 80.8 Å². The number of rotatable bonds is 8. The Morgan fingerprint density at radius 2 is 1.65 bits per heavy atom. The van der Waals surface area contributed by atoms with Crippen molar-refractivity contribution >= 4 is 13.8 Å². The minimum Gasteiger partial charge on any atom is -0.780 e. The number of phosphoric acid groups is 1. The first-order valence-corrected chi connectivity index (χ1v) is 12.2. The van der Waals surface area contributed by atoms with Crippen LogP contribution in [0.1, 0.15) is 50.5 Å². The summed E-state index contributed by atoms with van der Waals surface area (Å²) < 4.78 is 21.9. The van der Waals surface area contributed by atoms with Crippen LogP contribution >= 0.6 is 7.82 Å². The van der Waals surface area contributed by atoms with E-state index in [4.69, 9.17) is 14.5 Å². The molecule has 34 heavy (non-hydrogen) atoms. The Morgan fingerprint density at radius 3 is 2.15 bits per heavy atom. The Balaban J connectivity index is 0.00000136. The third-order valence-electron chi connectivity index (χ3n) is 7.42. The van der Waals surface area contributed by atoms with Gasteiger partial charge < -0.3 is 33.5 Å². The van der Waals surface area contributed by atoms with Crippen molar-refractivity contribution in [2.45, 2.75) is 56.3 Å². The fourth-order valence-electron chi connectivity index (χ4n) is 6.58. The second kappa shape index (κ2) is 12.1.